The Kier molecular flexibility index (Phi) is 7.58. The van der Waals surface area contributed by atoms with Gasteiger partial charge in [0, 0.05) is 56.0 Å². The number of nitrogens with zero attached hydrogens (tertiary/aromatic N) is 2. The van der Waals surface area contributed by atoms with Crippen LogP contribution in [-0.2, 0) is 22.6 Å². The molecule has 1 atom stereocenters. The monoisotopic (exact) mass is 460 g/mol. The molecule has 176 valence electrons. The molecule has 4 rings (SSSR count). The van der Waals surface area contributed by atoms with E-state index in [2.05, 4.69) is 23.6 Å². The zero-order valence-corrected chi connectivity index (χ0v) is 20.2. The van der Waals surface area contributed by atoms with E-state index in [1.807, 2.05) is 12.1 Å². The third-order valence-corrected chi connectivity index (χ3v) is 8.01. The van der Waals surface area contributed by atoms with E-state index in [0.29, 0.717) is 29.7 Å². The molecule has 3 fully saturated rings. The van der Waals surface area contributed by atoms with Gasteiger partial charge in [-0.15, -0.1) is 0 Å². The van der Waals surface area contributed by atoms with Crippen LogP contribution in [0.1, 0.15) is 68.6 Å². The van der Waals surface area contributed by atoms with Gasteiger partial charge in [0.15, 0.2) is 0 Å². The molecule has 3 aliphatic rings. The van der Waals surface area contributed by atoms with Gasteiger partial charge >= 0.3 is 0 Å². The molecule has 0 spiro atoms. The summed E-state index contributed by atoms with van der Waals surface area (Å²) in [5, 5.41) is 10.1. The fourth-order valence-electron chi connectivity index (χ4n) is 5.77. The fourth-order valence-corrected chi connectivity index (χ4v) is 6.03. The highest BCUT2D eigenvalue weighted by atomic mass is 35.5. The molecule has 2 aliphatic carbocycles. The van der Waals surface area contributed by atoms with Crippen molar-refractivity contribution >= 4 is 23.3 Å². The molecule has 0 bridgehead atoms. The van der Waals surface area contributed by atoms with Gasteiger partial charge in [-0.1, -0.05) is 24.4 Å². The first kappa shape index (κ1) is 23.7. The number of amides is 1. The summed E-state index contributed by atoms with van der Waals surface area (Å²) in [4.78, 5) is 30.0. The maximum atomic E-state index is 12.9. The van der Waals surface area contributed by atoms with Crippen molar-refractivity contribution in [3.05, 3.63) is 33.8 Å². The highest BCUT2D eigenvalue weighted by molar-refractivity contribution is 6.30. The van der Waals surface area contributed by atoms with E-state index in [9.17, 15) is 14.7 Å². The lowest BCUT2D eigenvalue weighted by Crippen LogP contribution is -2.54. The summed E-state index contributed by atoms with van der Waals surface area (Å²) < 4.78 is 0. The average molecular weight is 461 g/mol. The van der Waals surface area contributed by atoms with Gasteiger partial charge in [0.1, 0.15) is 5.78 Å². The third-order valence-electron chi connectivity index (χ3n) is 7.80. The van der Waals surface area contributed by atoms with E-state index in [4.69, 9.17) is 11.6 Å². The Hall–Kier alpha value is -1.43. The second-order valence-corrected chi connectivity index (χ2v) is 10.8. The first-order valence-electron chi connectivity index (χ1n) is 12.3. The van der Waals surface area contributed by atoms with E-state index in [1.165, 1.54) is 18.4 Å². The lowest BCUT2D eigenvalue weighted by Gasteiger charge is -2.41. The topological polar surface area (TPSA) is 60.9 Å². The minimum atomic E-state index is -0.219. The normalized spacial score (nSPS) is 26.9. The number of hydrogen-bond acceptors (Lipinski definition) is 4. The Balaban J connectivity index is 1.35. The van der Waals surface area contributed by atoms with E-state index >= 15 is 0 Å². The molecule has 1 aromatic carbocycles. The summed E-state index contributed by atoms with van der Waals surface area (Å²) in [5.41, 5.74) is 3.33. The maximum absolute atomic E-state index is 12.9. The van der Waals surface area contributed by atoms with Crippen molar-refractivity contribution in [1.82, 2.24) is 9.80 Å². The molecule has 2 saturated carbocycles. The molecule has 1 N–H and O–H groups in total. The molecule has 6 heteroatoms. The molecule has 0 aromatic heterocycles. The highest BCUT2D eigenvalue weighted by Crippen LogP contribution is 2.32. The molecule has 1 heterocycles. The number of Topliss-reactive ketones (excluding diaryl/α,β-unsaturated/α-hetero) is 1. The Morgan fingerprint density at radius 1 is 1.12 bits per heavy atom. The summed E-state index contributed by atoms with van der Waals surface area (Å²) in [6.07, 6.45) is 6.71. The van der Waals surface area contributed by atoms with Crippen molar-refractivity contribution in [2.75, 3.05) is 19.6 Å². The number of benzene rings is 1. The van der Waals surface area contributed by atoms with Gasteiger partial charge in [0.25, 0.3) is 0 Å². The first-order valence-corrected chi connectivity index (χ1v) is 12.7. The number of aliphatic hydroxyl groups is 1. The molecule has 1 aromatic rings. The van der Waals surface area contributed by atoms with Crippen LogP contribution in [0, 0.1) is 18.8 Å². The second kappa shape index (κ2) is 10.2. The highest BCUT2D eigenvalue weighted by Gasteiger charge is 2.33. The van der Waals surface area contributed by atoms with Crippen LogP contribution in [0.4, 0.5) is 0 Å². The summed E-state index contributed by atoms with van der Waals surface area (Å²) in [5.74, 6) is 1.16. The number of ketones is 1. The summed E-state index contributed by atoms with van der Waals surface area (Å²) in [7, 11) is 0. The molecule has 32 heavy (non-hydrogen) atoms. The molecule has 0 unspecified atom stereocenters. The van der Waals surface area contributed by atoms with Gasteiger partial charge in [-0.2, -0.15) is 0 Å². The van der Waals surface area contributed by atoms with Gasteiger partial charge in [0.2, 0.25) is 5.91 Å². The summed E-state index contributed by atoms with van der Waals surface area (Å²) in [6, 6.07) is 4.16. The zero-order chi connectivity index (χ0) is 22.8. The third kappa shape index (κ3) is 5.55. The van der Waals surface area contributed by atoms with Crippen LogP contribution in [0.3, 0.4) is 0 Å². The maximum Gasteiger partial charge on any atom is 0.226 e. The molecule has 1 aliphatic heterocycles. The molecular weight excluding hydrogens is 424 g/mol. The summed E-state index contributed by atoms with van der Waals surface area (Å²) >= 11 is 6.44. The van der Waals surface area contributed by atoms with Crippen molar-refractivity contribution in [3.63, 3.8) is 0 Å². The zero-order valence-electron chi connectivity index (χ0n) is 19.5. The fraction of sp³-hybridized carbons (Fsp3) is 0.692. The smallest absolute Gasteiger partial charge is 0.226 e. The predicted octanol–water partition coefficient (Wildman–Crippen LogP) is 4.14. The van der Waals surface area contributed by atoms with Crippen molar-refractivity contribution in [1.29, 1.82) is 0 Å². The van der Waals surface area contributed by atoms with Crippen LogP contribution >= 0.6 is 11.6 Å². The number of rotatable bonds is 7. The van der Waals surface area contributed by atoms with Crippen LogP contribution in [-0.4, -0.2) is 58.4 Å². The molecule has 5 nitrogen and oxygen atoms in total. The van der Waals surface area contributed by atoms with Crippen molar-refractivity contribution in [2.45, 2.75) is 83.9 Å². The number of piperazine rings is 1. The SMILES string of the molecule is Cc1c(CC(=O)CC2CC(O)C2)cc(Cl)cc1CN1CCN(C(=O)C2CCCC2)[C@@H](C)C1. The molecule has 1 saturated heterocycles. The molecular formula is C26H37ClN2O3. The van der Waals surface area contributed by atoms with E-state index < -0.39 is 0 Å². The van der Waals surface area contributed by atoms with Crippen LogP contribution in [0.5, 0.6) is 0 Å². The minimum absolute atomic E-state index is 0.218. The Labute approximate surface area is 197 Å². The van der Waals surface area contributed by atoms with Crippen LogP contribution in [0.2, 0.25) is 5.02 Å². The standard InChI is InChI=1S/C26H37ClN2O3/c1-17-15-28(7-8-29(17)26(32)20-5-3-4-6-20)16-22-13-23(27)12-21(18(22)2)14-25(31)11-19-9-24(30)10-19/h12-13,17,19-20,24,30H,3-11,14-16H2,1-2H3/t17-,19?,24?/m0/s1. The molecule has 0 radical (unpaired) electrons. The Morgan fingerprint density at radius 2 is 1.81 bits per heavy atom. The number of hydrogen-bond donors (Lipinski definition) is 1. The average Bonchev–Trinajstić information content (AvgIpc) is 3.25. The molecule has 1 amide bonds. The Morgan fingerprint density at radius 3 is 2.47 bits per heavy atom. The van der Waals surface area contributed by atoms with Crippen molar-refractivity contribution in [3.8, 4) is 0 Å². The van der Waals surface area contributed by atoms with Crippen molar-refractivity contribution < 1.29 is 14.7 Å². The number of carbonyl (C=O) groups excluding carboxylic acids is 2. The van der Waals surface area contributed by atoms with E-state index in [1.54, 1.807) is 0 Å². The second-order valence-electron chi connectivity index (χ2n) is 10.4. The van der Waals surface area contributed by atoms with E-state index in [-0.39, 0.29) is 23.8 Å². The van der Waals surface area contributed by atoms with Gasteiger partial charge in [-0.25, -0.2) is 0 Å². The first-order chi connectivity index (χ1) is 15.3. The quantitative estimate of drug-likeness (QED) is 0.664. The van der Waals surface area contributed by atoms with Crippen LogP contribution < -0.4 is 0 Å². The van der Waals surface area contributed by atoms with Gasteiger partial charge in [0.05, 0.1) is 6.10 Å². The predicted molar refractivity (Wildman–Crippen MR) is 127 cm³/mol. The lowest BCUT2D eigenvalue weighted by molar-refractivity contribution is -0.140. The number of aliphatic hydroxyl groups excluding tert-OH is 1. The number of carbonyl (C=O) groups is 2. The van der Waals surface area contributed by atoms with Crippen LogP contribution in [0.25, 0.3) is 0 Å². The van der Waals surface area contributed by atoms with Crippen LogP contribution in [0.15, 0.2) is 12.1 Å². The largest absolute Gasteiger partial charge is 0.393 e. The van der Waals surface area contributed by atoms with Crippen molar-refractivity contribution in [2.24, 2.45) is 11.8 Å². The Bertz CT molecular complexity index is 846. The van der Waals surface area contributed by atoms with Gasteiger partial charge in [-0.05, 0) is 74.3 Å². The number of halogens is 1. The summed E-state index contributed by atoms with van der Waals surface area (Å²) in [6.45, 7) is 7.55. The lowest BCUT2D eigenvalue weighted by atomic mass is 9.78. The van der Waals surface area contributed by atoms with E-state index in [0.717, 1.165) is 63.0 Å². The minimum Gasteiger partial charge on any atom is -0.393 e. The van der Waals surface area contributed by atoms with Gasteiger partial charge < -0.3 is 10.0 Å². The van der Waals surface area contributed by atoms with Gasteiger partial charge in [-0.3, -0.25) is 14.5 Å².